The van der Waals surface area contributed by atoms with Gasteiger partial charge in [-0.25, -0.2) is 9.59 Å². The zero-order chi connectivity index (χ0) is 20.0. The highest BCUT2D eigenvalue weighted by molar-refractivity contribution is 6.27. The third-order valence-electron chi connectivity index (χ3n) is 2.46. The lowest BCUT2D eigenvalue weighted by Gasteiger charge is -2.14. The smallest absolute Gasteiger partial charge is 0.475 e. The third kappa shape index (κ3) is 15.2. The zero-order valence-electron chi connectivity index (χ0n) is 13.7. The number of aliphatic carboxylic acids is 1. The van der Waals surface area contributed by atoms with Crippen molar-refractivity contribution in [1.82, 2.24) is 5.32 Å². The van der Waals surface area contributed by atoms with Crippen molar-refractivity contribution in [3.63, 3.8) is 0 Å². The van der Waals surface area contributed by atoms with Crippen LogP contribution >= 0.6 is 11.6 Å². The number of nitrogens with zero attached hydrogens (tertiary/aromatic N) is 1. The number of nitrogens with two attached hydrogens (primary N) is 1. The summed E-state index contributed by atoms with van der Waals surface area (Å²) in [5.41, 5.74) is 5.44. The first-order valence-electron chi connectivity index (χ1n) is 6.95. The summed E-state index contributed by atoms with van der Waals surface area (Å²) >= 11 is 5.47. The molecular weight excluding hydrogens is 371 g/mol. The van der Waals surface area contributed by atoms with Crippen molar-refractivity contribution in [2.45, 2.75) is 38.4 Å². The fourth-order valence-corrected chi connectivity index (χ4v) is 1.45. The molecule has 0 aliphatic carbocycles. The maximum Gasteiger partial charge on any atom is 0.490 e. The largest absolute Gasteiger partial charge is 0.490 e. The van der Waals surface area contributed by atoms with E-state index in [2.05, 4.69) is 15.0 Å². The molecule has 12 heteroatoms. The SMILES string of the molecule is COC(=O)[C@@H](CCCCN=C(N)CCl)NC(C)=O.O=C(O)C(F)(F)F. The first-order chi connectivity index (χ1) is 11.4. The third-order valence-corrected chi connectivity index (χ3v) is 2.73. The standard InChI is InChI=1S/C11H20ClN3O3.C2HF3O2/c1-8(16)15-9(11(17)18-2)5-3-4-6-14-10(13)7-12;3-2(4,5)1(6)7/h9H,3-7H2,1-2H3,(H2,13,14)(H,15,16);(H,6,7)/t9-;/m1./s1. The Balaban J connectivity index is 0. The zero-order valence-corrected chi connectivity index (χ0v) is 14.5. The monoisotopic (exact) mass is 391 g/mol. The summed E-state index contributed by atoms with van der Waals surface area (Å²) in [6.07, 6.45) is -3.06. The van der Waals surface area contributed by atoms with Crippen LogP contribution in [0.5, 0.6) is 0 Å². The number of hydrogen-bond donors (Lipinski definition) is 3. The maximum atomic E-state index is 11.4. The molecule has 0 aromatic rings. The Morgan fingerprint density at radius 2 is 1.84 bits per heavy atom. The minimum Gasteiger partial charge on any atom is -0.475 e. The van der Waals surface area contributed by atoms with Gasteiger partial charge in [0.05, 0.1) is 13.0 Å². The van der Waals surface area contributed by atoms with Crippen molar-refractivity contribution in [3.05, 3.63) is 0 Å². The molecule has 0 heterocycles. The number of amides is 1. The number of rotatable bonds is 8. The molecule has 4 N–H and O–H groups in total. The van der Waals surface area contributed by atoms with Crippen LogP contribution in [0.25, 0.3) is 0 Å². The van der Waals surface area contributed by atoms with Gasteiger partial charge in [0.25, 0.3) is 0 Å². The molecule has 0 rings (SSSR count). The van der Waals surface area contributed by atoms with E-state index in [1.165, 1.54) is 14.0 Å². The van der Waals surface area contributed by atoms with E-state index in [1.54, 1.807) is 0 Å². The molecule has 0 aliphatic rings. The number of carbonyl (C=O) groups excluding carboxylic acids is 2. The number of methoxy groups -OCH3 is 1. The summed E-state index contributed by atoms with van der Waals surface area (Å²) in [4.78, 5) is 35.2. The molecular formula is C13H21ClF3N3O5. The minimum absolute atomic E-state index is 0.219. The molecule has 8 nitrogen and oxygen atoms in total. The van der Waals surface area contributed by atoms with Crippen molar-refractivity contribution < 1.29 is 37.4 Å². The molecule has 146 valence electrons. The average Bonchev–Trinajstić information content (AvgIpc) is 2.51. The number of hydrogen-bond acceptors (Lipinski definition) is 5. The second-order valence-corrected chi connectivity index (χ2v) is 4.85. The van der Waals surface area contributed by atoms with Crippen molar-refractivity contribution in [3.8, 4) is 0 Å². The van der Waals surface area contributed by atoms with E-state index < -0.39 is 24.2 Å². The summed E-state index contributed by atoms with van der Waals surface area (Å²) in [7, 11) is 1.29. The number of alkyl halides is 4. The second kappa shape index (κ2) is 13.3. The lowest BCUT2D eigenvalue weighted by Crippen LogP contribution is -2.40. The number of nitrogens with one attached hydrogen (secondary N) is 1. The number of carbonyl (C=O) groups is 3. The number of carboxylic acid groups (broad SMARTS) is 1. The predicted octanol–water partition coefficient (Wildman–Crippen LogP) is 1.06. The van der Waals surface area contributed by atoms with E-state index >= 15 is 0 Å². The Bertz CT molecular complexity index is 472. The Hall–Kier alpha value is -2.04. The van der Waals surface area contributed by atoms with E-state index in [9.17, 15) is 22.8 Å². The van der Waals surface area contributed by atoms with Crippen LogP contribution in [0.15, 0.2) is 4.99 Å². The molecule has 0 aromatic carbocycles. The van der Waals surface area contributed by atoms with E-state index in [4.69, 9.17) is 27.2 Å². The van der Waals surface area contributed by atoms with Gasteiger partial charge < -0.3 is 20.9 Å². The van der Waals surface area contributed by atoms with Crippen LogP contribution in [0, 0.1) is 0 Å². The normalized spacial score (nSPS) is 12.5. The lowest BCUT2D eigenvalue weighted by atomic mass is 10.1. The van der Waals surface area contributed by atoms with Gasteiger partial charge in [-0.3, -0.25) is 9.79 Å². The Morgan fingerprint density at radius 3 is 2.20 bits per heavy atom. The van der Waals surface area contributed by atoms with Crippen molar-refractivity contribution in [2.24, 2.45) is 10.7 Å². The number of aliphatic imine (C=N–C) groups is 1. The van der Waals surface area contributed by atoms with E-state index in [-0.39, 0.29) is 11.8 Å². The molecule has 25 heavy (non-hydrogen) atoms. The first kappa shape index (κ1) is 25.2. The van der Waals surface area contributed by atoms with Gasteiger partial charge in [-0.1, -0.05) is 0 Å². The number of halogens is 4. The van der Waals surface area contributed by atoms with Gasteiger partial charge in [-0.05, 0) is 19.3 Å². The number of ether oxygens (including phenoxy) is 1. The maximum absolute atomic E-state index is 11.4. The molecule has 0 fully saturated rings. The molecule has 0 spiro atoms. The fraction of sp³-hybridized carbons (Fsp3) is 0.692. The highest BCUT2D eigenvalue weighted by Gasteiger charge is 2.38. The number of carboxylic acids is 1. The molecule has 0 saturated heterocycles. The molecule has 1 amide bonds. The number of unbranched alkanes of at least 4 members (excludes halogenated alkanes) is 1. The second-order valence-electron chi connectivity index (χ2n) is 4.58. The number of esters is 1. The van der Waals surface area contributed by atoms with Crippen LogP contribution in [0.1, 0.15) is 26.2 Å². The molecule has 0 aliphatic heterocycles. The molecule has 0 bridgehead atoms. The molecule has 0 unspecified atom stereocenters. The summed E-state index contributed by atoms with van der Waals surface area (Å²) in [5, 5.41) is 9.67. The minimum atomic E-state index is -5.08. The molecule has 0 saturated carbocycles. The molecule has 1 atom stereocenters. The summed E-state index contributed by atoms with van der Waals surface area (Å²) < 4.78 is 36.3. The van der Waals surface area contributed by atoms with Crippen molar-refractivity contribution >= 4 is 35.3 Å². The van der Waals surface area contributed by atoms with Crippen LogP contribution in [-0.2, 0) is 19.1 Å². The fourth-order valence-electron chi connectivity index (χ4n) is 1.36. The molecule has 0 radical (unpaired) electrons. The van der Waals surface area contributed by atoms with Crippen LogP contribution in [0.3, 0.4) is 0 Å². The summed E-state index contributed by atoms with van der Waals surface area (Å²) in [6.45, 7) is 1.92. The Kier molecular flexibility index (Phi) is 13.4. The highest BCUT2D eigenvalue weighted by Crippen LogP contribution is 2.13. The van der Waals surface area contributed by atoms with Gasteiger partial charge in [0.15, 0.2) is 0 Å². The first-order valence-corrected chi connectivity index (χ1v) is 7.48. The van der Waals surface area contributed by atoms with Crippen LogP contribution in [0.4, 0.5) is 13.2 Å². The van der Waals surface area contributed by atoms with E-state index in [0.717, 1.165) is 12.8 Å². The molecule has 0 aromatic heterocycles. The van der Waals surface area contributed by atoms with Crippen molar-refractivity contribution in [2.75, 3.05) is 19.5 Å². The number of amidine groups is 1. The van der Waals surface area contributed by atoms with E-state index in [0.29, 0.717) is 18.8 Å². The highest BCUT2D eigenvalue weighted by atomic mass is 35.5. The van der Waals surface area contributed by atoms with Crippen LogP contribution < -0.4 is 11.1 Å². The predicted molar refractivity (Wildman–Crippen MR) is 84.4 cm³/mol. The lowest BCUT2D eigenvalue weighted by molar-refractivity contribution is -0.192. The van der Waals surface area contributed by atoms with E-state index in [1.807, 2.05) is 0 Å². The Morgan fingerprint density at radius 1 is 1.32 bits per heavy atom. The van der Waals surface area contributed by atoms with Gasteiger partial charge in [-0.15, -0.1) is 11.6 Å². The topological polar surface area (TPSA) is 131 Å². The van der Waals surface area contributed by atoms with Gasteiger partial charge in [0, 0.05) is 13.5 Å². The van der Waals surface area contributed by atoms with Gasteiger partial charge in [0.2, 0.25) is 5.91 Å². The van der Waals surface area contributed by atoms with Crippen LogP contribution in [0.2, 0.25) is 0 Å². The average molecular weight is 392 g/mol. The van der Waals surface area contributed by atoms with Gasteiger partial charge >= 0.3 is 18.1 Å². The Labute approximate surface area is 147 Å². The van der Waals surface area contributed by atoms with Gasteiger partial charge in [0.1, 0.15) is 11.9 Å². The summed E-state index contributed by atoms with van der Waals surface area (Å²) in [6, 6.07) is -0.596. The quantitative estimate of drug-likeness (QED) is 0.186. The summed E-state index contributed by atoms with van der Waals surface area (Å²) in [5.74, 6) is -2.82. The van der Waals surface area contributed by atoms with Crippen molar-refractivity contribution in [1.29, 1.82) is 0 Å². The van der Waals surface area contributed by atoms with Gasteiger partial charge in [-0.2, -0.15) is 13.2 Å². The van der Waals surface area contributed by atoms with Crippen LogP contribution in [-0.4, -0.2) is 60.5 Å².